The minimum absolute atomic E-state index is 0.00466. The van der Waals surface area contributed by atoms with Gasteiger partial charge in [-0.3, -0.25) is 14.1 Å². The number of amides is 1. The second kappa shape index (κ2) is 14.3. The fraction of sp³-hybridized carbons (Fsp3) is 0.273. The van der Waals surface area contributed by atoms with Crippen LogP contribution in [0.1, 0.15) is 37.6 Å². The number of fused-ring (bicyclic) bond motifs is 2. The molecule has 0 atom stereocenters. The molecule has 248 valence electrons. The number of thiazole rings is 1. The molecule has 2 N–H and O–H groups in total. The average molecular weight is 701 g/mol. The maximum Gasteiger partial charge on any atom is 0.264 e. The highest BCUT2D eigenvalue weighted by molar-refractivity contribution is 7.89. The second-order valence-electron chi connectivity index (χ2n) is 11.3. The Morgan fingerprint density at radius 3 is 2.51 bits per heavy atom. The van der Waals surface area contributed by atoms with Gasteiger partial charge in [0.25, 0.3) is 15.1 Å². The zero-order valence-corrected chi connectivity index (χ0v) is 28.3. The summed E-state index contributed by atoms with van der Waals surface area (Å²) in [7, 11) is -7.74. The molecular formula is C33H35FN3O7S3+. The number of unbranched alkanes of at least 4 members (excludes halogenated alkanes) is 1. The van der Waals surface area contributed by atoms with Crippen LogP contribution in [0, 0.1) is 5.82 Å². The van der Waals surface area contributed by atoms with Gasteiger partial charge in [-0.05, 0) is 60.7 Å². The molecule has 47 heavy (non-hydrogen) atoms. The number of allylic oxidation sites excluding steroid dienone is 2. The average Bonchev–Trinajstić information content (AvgIpc) is 3.50. The van der Waals surface area contributed by atoms with Gasteiger partial charge in [-0.15, -0.1) is 0 Å². The Morgan fingerprint density at radius 1 is 1.02 bits per heavy atom. The van der Waals surface area contributed by atoms with Crippen LogP contribution in [-0.2, 0) is 31.5 Å². The van der Waals surface area contributed by atoms with E-state index in [-0.39, 0.29) is 24.4 Å². The molecule has 0 aliphatic carbocycles. The summed E-state index contributed by atoms with van der Waals surface area (Å²) < 4.78 is 79.8. The van der Waals surface area contributed by atoms with E-state index in [1.807, 2.05) is 81.8 Å². The van der Waals surface area contributed by atoms with Gasteiger partial charge in [-0.2, -0.15) is 13.0 Å². The number of ether oxygens (including phenoxy) is 1. The lowest BCUT2D eigenvalue weighted by Gasteiger charge is -2.19. The van der Waals surface area contributed by atoms with E-state index in [0.29, 0.717) is 43.1 Å². The number of carbonyl (C=O) groups excluding carboxylic acids is 1. The summed E-state index contributed by atoms with van der Waals surface area (Å²) in [5, 5.41) is 0.817. The van der Waals surface area contributed by atoms with Gasteiger partial charge in [-0.25, -0.2) is 12.8 Å². The zero-order chi connectivity index (χ0) is 33.8. The molecule has 5 rings (SSSR count). The van der Waals surface area contributed by atoms with Crippen molar-refractivity contribution < 1.29 is 39.9 Å². The number of hydrogen-bond donors (Lipinski definition) is 2. The number of rotatable bonds is 13. The fourth-order valence-electron chi connectivity index (χ4n) is 5.30. The Hall–Kier alpha value is -4.11. The fourth-order valence-corrected chi connectivity index (χ4v) is 7.57. The van der Waals surface area contributed by atoms with Crippen molar-refractivity contribution in [3.05, 3.63) is 95.1 Å². The van der Waals surface area contributed by atoms with Gasteiger partial charge in [0.15, 0.2) is 12.3 Å². The van der Waals surface area contributed by atoms with E-state index in [2.05, 4.69) is 0 Å². The number of hydrogen-bond acceptors (Lipinski definition) is 8. The van der Waals surface area contributed by atoms with E-state index >= 15 is 0 Å². The molecule has 0 saturated carbocycles. The number of nitrogens with one attached hydrogen (secondary N) is 1. The standard InChI is InChI=1S/C33H34FN3O7S3/c1-23(20-33-37(16-6-7-18-47(41,42)43)28-22-26(34)13-15-30(28)45-33)19-32-36(17-8-11-31(38)35-46(2,39)40)27-21-25(12-14-29(27)44-32)24-9-4-3-5-10-24/h3-5,9-10,12-15,19-22H,6-8,11,16-18H2,1-2H3,(H-,35,38,41,42,43)/p+1. The van der Waals surface area contributed by atoms with E-state index in [4.69, 9.17) is 9.29 Å². The van der Waals surface area contributed by atoms with Gasteiger partial charge in [0, 0.05) is 37.6 Å². The first kappa shape index (κ1) is 34.2. The van der Waals surface area contributed by atoms with Crippen molar-refractivity contribution in [2.45, 2.75) is 39.2 Å². The molecule has 0 unspecified atom stereocenters. The largest absolute Gasteiger partial charge is 0.439 e. The third-order valence-electron chi connectivity index (χ3n) is 7.35. The lowest BCUT2D eigenvalue weighted by molar-refractivity contribution is -0.669. The molecule has 0 fully saturated rings. The first-order chi connectivity index (χ1) is 22.3. The quantitative estimate of drug-likeness (QED) is 0.104. The first-order valence-corrected chi connectivity index (χ1v) is 19.2. The van der Waals surface area contributed by atoms with Crippen LogP contribution < -0.4 is 18.9 Å². The van der Waals surface area contributed by atoms with Crippen LogP contribution in [0.3, 0.4) is 0 Å². The number of carbonyl (C=O) groups is 1. The summed E-state index contributed by atoms with van der Waals surface area (Å²) in [6, 6.07) is 20.3. The van der Waals surface area contributed by atoms with Crippen molar-refractivity contribution in [2.75, 3.05) is 23.5 Å². The highest BCUT2D eigenvalue weighted by Crippen LogP contribution is 2.42. The normalized spacial score (nSPS) is 14.4. The summed E-state index contributed by atoms with van der Waals surface area (Å²) in [4.78, 5) is 14.2. The number of aryl methyl sites for hydroxylation is 1. The molecule has 0 bridgehead atoms. The highest BCUT2D eigenvalue weighted by Gasteiger charge is 2.27. The van der Waals surface area contributed by atoms with Gasteiger partial charge < -0.3 is 9.64 Å². The van der Waals surface area contributed by atoms with Crippen LogP contribution >= 0.6 is 11.3 Å². The van der Waals surface area contributed by atoms with Gasteiger partial charge in [0.05, 0.1) is 17.7 Å². The van der Waals surface area contributed by atoms with E-state index in [9.17, 15) is 26.0 Å². The van der Waals surface area contributed by atoms with Crippen molar-refractivity contribution in [1.82, 2.24) is 4.72 Å². The molecule has 0 radical (unpaired) electrons. The van der Waals surface area contributed by atoms with Gasteiger partial charge in [0.1, 0.15) is 10.5 Å². The maximum absolute atomic E-state index is 14.2. The van der Waals surface area contributed by atoms with Crippen LogP contribution in [0.15, 0.2) is 84.3 Å². The Morgan fingerprint density at radius 2 is 1.79 bits per heavy atom. The third kappa shape index (κ3) is 9.25. The Balaban J connectivity index is 1.45. The number of nitrogens with zero attached hydrogens (tertiary/aromatic N) is 2. The lowest BCUT2D eigenvalue weighted by atomic mass is 10.0. The second-order valence-corrected chi connectivity index (χ2v) is 15.7. The molecule has 2 heterocycles. The van der Waals surface area contributed by atoms with Crippen LogP contribution in [0.4, 0.5) is 10.1 Å². The highest BCUT2D eigenvalue weighted by atomic mass is 32.2. The molecule has 14 heteroatoms. The molecule has 1 aromatic heterocycles. The molecule has 10 nitrogen and oxygen atoms in total. The lowest BCUT2D eigenvalue weighted by Crippen LogP contribution is -2.35. The van der Waals surface area contributed by atoms with Crippen LogP contribution in [-0.4, -0.2) is 45.8 Å². The van der Waals surface area contributed by atoms with Gasteiger partial charge in [0.2, 0.25) is 27.3 Å². The maximum atomic E-state index is 14.2. The molecule has 1 aliphatic rings. The van der Waals surface area contributed by atoms with Crippen molar-refractivity contribution in [2.24, 2.45) is 0 Å². The van der Waals surface area contributed by atoms with E-state index in [0.717, 1.165) is 38.4 Å². The summed E-state index contributed by atoms with van der Waals surface area (Å²) in [6.45, 7) is 2.69. The van der Waals surface area contributed by atoms with E-state index in [1.54, 1.807) is 6.07 Å². The van der Waals surface area contributed by atoms with Crippen molar-refractivity contribution in [1.29, 1.82) is 0 Å². The topological polar surface area (TPSA) is 134 Å². The minimum Gasteiger partial charge on any atom is -0.439 e. The SMILES string of the molecule is CC(=Cc1sc2ccc(F)cc2[n+]1CCCCS(=O)(=O)O)C=C1Oc2ccc(-c3ccccc3)cc2N1CCCC(=O)NS(C)(=O)=O. The molecule has 1 amide bonds. The molecular weight excluding hydrogens is 666 g/mol. The van der Waals surface area contributed by atoms with Crippen LogP contribution in [0.25, 0.3) is 27.4 Å². The summed E-state index contributed by atoms with van der Waals surface area (Å²) in [5.74, 6) is -0.167. The summed E-state index contributed by atoms with van der Waals surface area (Å²) >= 11 is 1.47. The number of anilines is 1. The van der Waals surface area contributed by atoms with Crippen molar-refractivity contribution in [3.8, 4) is 16.9 Å². The Kier molecular flexibility index (Phi) is 10.4. The van der Waals surface area contributed by atoms with Gasteiger partial charge in [-0.1, -0.05) is 47.7 Å². The molecule has 0 spiro atoms. The number of sulfonamides is 1. The van der Waals surface area contributed by atoms with Gasteiger partial charge >= 0.3 is 0 Å². The molecule has 4 aromatic rings. The van der Waals surface area contributed by atoms with Crippen LogP contribution in [0.2, 0.25) is 0 Å². The number of halogens is 1. The monoisotopic (exact) mass is 700 g/mol. The Bertz CT molecular complexity index is 2080. The summed E-state index contributed by atoms with van der Waals surface area (Å²) in [5.41, 5.74) is 4.31. The van der Waals surface area contributed by atoms with Crippen LogP contribution in [0.5, 0.6) is 5.75 Å². The smallest absolute Gasteiger partial charge is 0.264 e. The van der Waals surface area contributed by atoms with Crippen molar-refractivity contribution >= 4 is 59.4 Å². The molecule has 1 aliphatic heterocycles. The number of benzene rings is 3. The predicted octanol–water partition coefficient (Wildman–Crippen LogP) is 5.66. The minimum atomic E-state index is -4.08. The van der Waals surface area contributed by atoms with E-state index in [1.165, 1.54) is 23.5 Å². The van der Waals surface area contributed by atoms with Crippen molar-refractivity contribution in [3.63, 3.8) is 0 Å². The third-order valence-corrected chi connectivity index (χ3v) is 9.87. The zero-order valence-electron chi connectivity index (χ0n) is 25.8. The molecule has 0 saturated heterocycles. The van der Waals surface area contributed by atoms with E-state index < -0.39 is 26.0 Å². The molecule has 3 aromatic carbocycles. The first-order valence-electron chi connectivity index (χ1n) is 14.9. The Labute approximate surface area is 277 Å². The predicted molar refractivity (Wildman–Crippen MR) is 181 cm³/mol. The summed E-state index contributed by atoms with van der Waals surface area (Å²) in [6.07, 6.45) is 5.80. The number of aromatic nitrogens is 1.